The van der Waals surface area contributed by atoms with Crippen molar-refractivity contribution in [2.45, 2.75) is 59.3 Å². The summed E-state index contributed by atoms with van der Waals surface area (Å²) in [6.45, 7) is 10.9. The molecule has 2 rings (SSSR count). The Hall–Kier alpha value is -0.450. The molecule has 3 nitrogen and oxygen atoms in total. The average molecular weight is 282 g/mol. The van der Waals surface area contributed by atoms with E-state index in [4.69, 9.17) is 4.74 Å². The van der Waals surface area contributed by atoms with Gasteiger partial charge in [0.15, 0.2) is 0 Å². The standard InChI is InChI=1S/C15H26N2OS/c1-8-10(3)18-11(4)15(8)13(16-6)7-14-17-9(2)12(5)19-14/h8,10-11,13,15-16H,7H2,1-6H3. The maximum atomic E-state index is 5.98. The van der Waals surface area contributed by atoms with Crippen LogP contribution in [0.3, 0.4) is 0 Å². The van der Waals surface area contributed by atoms with Gasteiger partial charge in [-0.25, -0.2) is 4.98 Å². The molecular weight excluding hydrogens is 256 g/mol. The molecule has 1 fully saturated rings. The second-order valence-electron chi connectivity index (χ2n) is 5.83. The number of aryl methyl sites for hydroxylation is 2. The van der Waals surface area contributed by atoms with Crippen LogP contribution in [-0.2, 0) is 11.2 Å². The summed E-state index contributed by atoms with van der Waals surface area (Å²) in [5.41, 5.74) is 1.17. The molecule has 1 N–H and O–H groups in total. The molecule has 1 aliphatic rings. The summed E-state index contributed by atoms with van der Waals surface area (Å²) in [7, 11) is 2.06. The Morgan fingerprint density at radius 2 is 1.95 bits per heavy atom. The van der Waals surface area contributed by atoms with Gasteiger partial charge in [-0.3, -0.25) is 0 Å². The van der Waals surface area contributed by atoms with Gasteiger partial charge in [0.1, 0.15) is 0 Å². The fourth-order valence-corrected chi connectivity index (χ4v) is 4.22. The van der Waals surface area contributed by atoms with E-state index in [0.29, 0.717) is 30.1 Å². The Morgan fingerprint density at radius 3 is 2.37 bits per heavy atom. The van der Waals surface area contributed by atoms with Crippen LogP contribution in [0.2, 0.25) is 0 Å². The molecule has 0 radical (unpaired) electrons. The molecule has 0 aromatic carbocycles. The zero-order chi connectivity index (χ0) is 14.2. The molecule has 0 aliphatic carbocycles. The van der Waals surface area contributed by atoms with Crippen molar-refractivity contribution in [3.63, 3.8) is 0 Å². The van der Waals surface area contributed by atoms with Crippen LogP contribution in [0, 0.1) is 25.7 Å². The van der Waals surface area contributed by atoms with Gasteiger partial charge in [0.25, 0.3) is 0 Å². The normalized spacial score (nSPS) is 32.7. The third kappa shape index (κ3) is 3.01. The number of likely N-dealkylation sites (N-methyl/N-ethyl adjacent to an activating group) is 1. The minimum atomic E-state index is 0.324. The summed E-state index contributed by atoms with van der Waals surface area (Å²) < 4.78 is 5.98. The van der Waals surface area contributed by atoms with Crippen LogP contribution in [0.15, 0.2) is 0 Å². The van der Waals surface area contributed by atoms with Gasteiger partial charge < -0.3 is 10.1 Å². The molecule has 1 aliphatic heterocycles. The monoisotopic (exact) mass is 282 g/mol. The second kappa shape index (κ2) is 5.90. The van der Waals surface area contributed by atoms with Crippen LogP contribution in [-0.4, -0.2) is 30.3 Å². The molecule has 1 aromatic heterocycles. The van der Waals surface area contributed by atoms with Crippen molar-refractivity contribution in [3.8, 4) is 0 Å². The van der Waals surface area contributed by atoms with Crippen molar-refractivity contribution in [2.24, 2.45) is 11.8 Å². The number of nitrogens with one attached hydrogen (secondary N) is 1. The van der Waals surface area contributed by atoms with Crippen molar-refractivity contribution in [2.75, 3.05) is 7.05 Å². The van der Waals surface area contributed by atoms with E-state index in [1.165, 1.54) is 15.6 Å². The first kappa shape index (κ1) is 14.9. The van der Waals surface area contributed by atoms with Gasteiger partial charge in [0, 0.05) is 23.3 Å². The molecule has 1 saturated heterocycles. The Labute approximate surface area is 120 Å². The first-order valence-electron chi connectivity index (χ1n) is 7.19. The van der Waals surface area contributed by atoms with Crippen LogP contribution in [0.25, 0.3) is 0 Å². The summed E-state index contributed by atoms with van der Waals surface area (Å²) in [4.78, 5) is 6.01. The smallest absolute Gasteiger partial charge is 0.0946 e. The minimum absolute atomic E-state index is 0.324. The van der Waals surface area contributed by atoms with Crippen molar-refractivity contribution < 1.29 is 4.74 Å². The lowest BCUT2D eigenvalue weighted by Crippen LogP contribution is -2.41. The van der Waals surface area contributed by atoms with E-state index in [1.807, 2.05) is 11.3 Å². The first-order chi connectivity index (χ1) is 8.93. The number of hydrogen-bond donors (Lipinski definition) is 1. The molecule has 4 heteroatoms. The summed E-state index contributed by atoms with van der Waals surface area (Å²) >= 11 is 1.83. The van der Waals surface area contributed by atoms with E-state index in [9.17, 15) is 0 Å². The number of hydrogen-bond acceptors (Lipinski definition) is 4. The Morgan fingerprint density at radius 1 is 1.26 bits per heavy atom. The van der Waals surface area contributed by atoms with E-state index in [1.54, 1.807) is 0 Å². The fraction of sp³-hybridized carbons (Fsp3) is 0.800. The molecule has 0 bridgehead atoms. The van der Waals surface area contributed by atoms with E-state index in [2.05, 4.69) is 52.0 Å². The van der Waals surface area contributed by atoms with Gasteiger partial charge in [-0.2, -0.15) is 0 Å². The van der Waals surface area contributed by atoms with Crippen molar-refractivity contribution in [1.82, 2.24) is 10.3 Å². The lowest BCUT2D eigenvalue weighted by molar-refractivity contribution is 0.0479. The minimum Gasteiger partial charge on any atom is -0.375 e. The highest BCUT2D eigenvalue weighted by Gasteiger charge is 2.41. The topological polar surface area (TPSA) is 34.2 Å². The summed E-state index contributed by atoms with van der Waals surface area (Å²) in [5.74, 6) is 1.15. The maximum Gasteiger partial charge on any atom is 0.0946 e. The quantitative estimate of drug-likeness (QED) is 0.922. The first-order valence-corrected chi connectivity index (χ1v) is 8.01. The lowest BCUT2D eigenvalue weighted by Gasteiger charge is -2.28. The van der Waals surface area contributed by atoms with Crippen LogP contribution < -0.4 is 5.32 Å². The van der Waals surface area contributed by atoms with E-state index in [-0.39, 0.29) is 0 Å². The molecule has 19 heavy (non-hydrogen) atoms. The van der Waals surface area contributed by atoms with Crippen LogP contribution in [0.1, 0.15) is 36.3 Å². The third-order valence-corrected chi connectivity index (χ3v) is 5.72. The number of ether oxygens (including phenoxy) is 1. The van der Waals surface area contributed by atoms with Gasteiger partial charge in [-0.1, -0.05) is 6.92 Å². The molecule has 0 spiro atoms. The largest absolute Gasteiger partial charge is 0.375 e. The van der Waals surface area contributed by atoms with Crippen LogP contribution in [0.5, 0.6) is 0 Å². The van der Waals surface area contributed by atoms with Gasteiger partial charge in [-0.05, 0) is 40.7 Å². The van der Waals surface area contributed by atoms with Gasteiger partial charge in [-0.15, -0.1) is 11.3 Å². The highest BCUT2D eigenvalue weighted by Crippen LogP contribution is 2.35. The molecule has 0 amide bonds. The Balaban J connectivity index is 2.12. The summed E-state index contributed by atoms with van der Waals surface area (Å²) in [5, 5.41) is 4.73. The number of rotatable bonds is 4. The highest BCUT2D eigenvalue weighted by molar-refractivity contribution is 7.11. The maximum absolute atomic E-state index is 5.98. The molecule has 5 atom stereocenters. The summed E-state index contributed by atoms with van der Waals surface area (Å²) in [6.07, 6.45) is 1.69. The third-order valence-electron chi connectivity index (χ3n) is 4.62. The fourth-order valence-electron chi connectivity index (χ4n) is 3.23. The van der Waals surface area contributed by atoms with Crippen LogP contribution in [0.4, 0.5) is 0 Å². The zero-order valence-electron chi connectivity index (χ0n) is 12.9. The van der Waals surface area contributed by atoms with E-state index < -0.39 is 0 Å². The molecule has 2 heterocycles. The van der Waals surface area contributed by atoms with Crippen molar-refractivity contribution in [1.29, 1.82) is 0 Å². The molecule has 0 saturated carbocycles. The SMILES string of the molecule is CNC(Cc1nc(C)c(C)s1)C1C(C)OC(C)C1C. The summed E-state index contributed by atoms with van der Waals surface area (Å²) in [6, 6.07) is 0.444. The van der Waals surface area contributed by atoms with E-state index in [0.717, 1.165) is 6.42 Å². The van der Waals surface area contributed by atoms with Gasteiger partial charge in [0.05, 0.1) is 22.9 Å². The average Bonchev–Trinajstić information content (AvgIpc) is 2.78. The van der Waals surface area contributed by atoms with Crippen molar-refractivity contribution >= 4 is 11.3 Å². The van der Waals surface area contributed by atoms with Gasteiger partial charge >= 0.3 is 0 Å². The molecule has 5 unspecified atom stereocenters. The Bertz CT molecular complexity index is 412. The Kier molecular flexibility index (Phi) is 4.64. The lowest BCUT2D eigenvalue weighted by atomic mass is 9.82. The predicted molar refractivity (Wildman–Crippen MR) is 80.8 cm³/mol. The zero-order valence-corrected chi connectivity index (χ0v) is 13.7. The predicted octanol–water partition coefficient (Wildman–Crippen LogP) is 2.95. The van der Waals surface area contributed by atoms with Crippen molar-refractivity contribution in [3.05, 3.63) is 15.6 Å². The van der Waals surface area contributed by atoms with Crippen LogP contribution >= 0.6 is 11.3 Å². The van der Waals surface area contributed by atoms with E-state index >= 15 is 0 Å². The molecule has 108 valence electrons. The highest BCUT2D eigenvalue weighted by atomic mass is 32.1. The number of nitrogens with zero attached hydrogens (tertiary/aromatic N) is 1. The number of aromatic nitrogens is 1. The second-order valence-corrected chi connectivity index (χ2v) is 7.12. The molecule has 1 aromatic rings. The van der Waals surface area contributed by atoms with Gasteiger partial charge in [0.2, 0.25) is 0 Å². The number of thiazole rings is 1. The molecular formula is C15H26N2OS.